The van der Waals surface area contributed by atoms with Gasteiger partial charge < -0.3 is 5.32 Å². The molecule has 1 unspecified atom stereocenters. The van der Waals surface area contributed by atoms with Crippen LogP contribution in [-0.2, 0) is 0 Å². The molecule has 3 heteroatoms. The van der Waals surface area contributed by atoms with E-state index < -0.39 is 0 Å². The first-order valence-electron chi connectivity index (χ1n) is 7.03. The SMILES string of the molecule is CSC1CCC(NC(c2cccs2)C(C)C)CC1. The Labute approximate surface area is 120 Å². The largest absolute Gasteiger partial charge is 0.306 e. The molecule has 18 heavy (non-hydrogen) atoms. The summed E-state index contributed by atoms with van der Waals surface area (Å²) in [5.41, 5.74) is 0. The molecule has 0 aromatic carbocycles. The molecule has 1 aromatic heterocycles. The van der Waals surface area contributed by atoms with Crippen molar-refractivity contribution in [2.75, 3.05) is 6.26 Å². The van der Waals surface area contributed by atoms with Crippen LogP contribution in [0.3, 0.4) is 0 Å². The summed E-state index contributed by atoms with van der Waals surface area (Å²) >= 11 is 3.93. The van der Waals surface area contributed by atoms with E-state index in [1.807, 2.05) is 23.1 Å². The average Bonchev–Trinajstić information content (AvgIpc) is 2.90. The maximum absolute atomic E-state index is 3.90. The van der Waals surface area contributed by atoms with Crippen LogP contribution < -0.4 is 5.32 Å². The molecule has 0 amide bonds. The molecule has 1 aromatic rings. The molecule has 1 aliphatic carbocycles. The fourth-order valence-corrected chi connectivity index (χ4v) is 4.49. The van der Waals surface area contributed by atoms with Gasteiger partial charge in [-0.05, 0) is 49.3 Å². The van der Waals surface area contributed by atoms with E-state index in [-0.39, 0.29) is 0 Å². The number of thioether (sulfide) groups is 1. The van der Waals surface area contributed by atoms with Gasteiger partial charge in [0, 0.05) is 22.2 Å². The Morgan fingerprint density at radius 3 is 2.50 bits per heavy atom. The van der Waals surface area contributed by atoms with E-state index in [1.54, 1.807) is 0 Å². The predicted molar refractivity (Wildman–Crippen MR) is 84.6 cm³/mol. The van der Waals surface area contributed by atoms with Gasteiger partial charge in [0.25, 0.3) is 0 Å². The van der Waals surface area contributed by atoms with E-state index in [9.17, 15) is 0 Å². The van der Waals surface area contributed by atoms with Gasteiger partial charge in [-0.15, -0.1) is 11.3 Å². The Balaban J connectivity index is 1.90. The molecule has 1 fully saturated rings. The summed E-state index contributed by atoms with van der Waals surface area (Å²) in [7, 11) is 0. The van der Waals surface area contributed by atoms with Crippen LogP contribution in [0.25, 0.3) is 0 Å². The lowest BCUT2D eigenvalue weighted by atomic mass is 9.92. The van der Waals surface area contributed by atoms with Crippen molar-refractivity contribution < 1.29 is 0 Å². The number of nitrogens with one attached hydrogen (secondary N) is 1. The van der Waals surface area contributed by atoms with Gasteiger partial charge in [0.2, 0.25) is 0 Å². The second-order valence-corrected chi connectivity index (χ2v) is 7.73. The molecule has 0 radical (unpaired) electrons. The maximum atomic E-state index is 3.90. The topological polar surface area (TPSA) is 12.0 Å². The normalized spacial score (nSPS) is 26.4. The van der Waals surface area contributed by atoms with Crippen LogP contribution in [0.4, 0.5) is 0 Å². The predicted octanol–water partition coefficient (Wildman–Crippen LogP) is 4.71. The highest BCUT2D eigenvalue weighted by Gasteiger charge is 2.25. The molecule has 0 spiro atoms. The third-order valence-electron chi connectivity index (χ3n) is 3.94. The van der Waals surface area contributed by atoms with Crippen molar-refractivity contribution in [3.63, 3.8) is 0 Å². The van der Waals surface area contributed by atoms with E-state index >= 15 is 0 Å². The van der Waals surface area contributed by atoms with Crippen molar-refractivity contribution in [3.8, 4) is 0 Å². The number of hydrogen-bond acceptors (Lipinski definition) is 3. The Morgan fingerprint density at radius 2 is 2.00 bits per heavy atom. The summed E-state index contributed by atoms with van der Waals surface area (Å²) in [4.78, 5) is 1.50. The smallest absolute Gasteiger partial charge is 0.0440 e. The van der Waals surface area contributed by atoms with E-state index in [0.717, 1.165) is 11.3 Å². The highest BCUT2D eigenvalue weighted by molar-refractivity contribution is 7.99. The third kappa shape index (κ3) is 3.75. The van der Waals surface area contributed by atoms with E-state index in [0.29, 0.717) is 12.0 Å². The fourth-order valence-electron chi connectivity index (χ4n) is 2.79. The second kappa shape index (κ2) is 6.97. The molecule has 1 heterocycles. The Morgan fingerprint density at radius 1 is 1.28 bits per heavy atom. The van der Waals surface area contributed by atoms with Gasteiger partial charge in [-0.25, -0.2) is 0 Å². The average molecular weight is 284 g/mol. The third-order valence-corrected chi connectivity index (χ3v) is 6.03. The van der Waals surface area contributed by atoms with Crippen LogP contribution in [0.5, 0.6) is 0 Å². The van der Waals surface area contributed by atoms with Gasteiger partial charge in [-0.3, -0.25) is 0 Å². The maximum Gasteiger partial charge on any atom is 0.0440 e. The monoisotopic (exact) mass is 283 g/mol. The quantitative estimate of drug-likeness (QED) is 0.840. The first-order chi connectivity index (χ1) is 8.70. The van der Waals surface area contributed by atoms with E-state index in [1.165, 1.54) is 30.6 Å². The van der Waals surface area contributed by atoms with Crippen LogP contribution in [0, 0.1) is 5.92 Å². The molecule has 102 valence electrons. The van der Waals surface area contributed by atoms with Crippen molar-refractivity contribution in [3.05, 3.63) is 22.4 Å². The van der Waals surface area contributed by atoms with Crippen molar-refractivity contribution >= 4 is 23.1 Å². The Hall–Kier alpha value is 0.01000. The minimum absolute atomic E-state index is 0.542. The molecular formula is C15H25NS2. The number of thiophene rings is 1. The standard InChI is InChI=1S/C15H25NS2/c1-11(2)15(14-5-4-10-18-14)16-12-6-8-13(17-3)9-7-12/h4-5,10-13,15-16H,6-9H2,1-3H3. The van der Waals surface area contributed by atoms with Crippen LogP contribution in [0.1, 0.15) is 50.4 Å². The molecule has 0 saturated heterocycles. The van der Waals surface area contributed by atoms with Gasteiger partial charge in [0.15, 0.2) is 0 Å². The van der Waals surface area contributed by atoms with E-state index in [4.69, 9.17) is 0 Å². The van der Waals surface area contributed by atoms with Crippen LogP contribution in [0.2, 0.25) is 0 Å². The van der Waals surface area contributed by atoms with Crippen LogP contribution in [-0.4, -0.2) is 17.5 Å². The van der Waals surface area contributed by atoms with Crippen molar-refractivity contribution in [1.29, 1.82) is 0 Å². The Bertz CT molecular complexity index is 326. The highest BCUT2D eigenvalue weighted by atomic mass is 32.2. The van der Waals surface area contributed by atoms with Crippen molar-refractivity contribution in [2.45, 2.75) is 56.9 Å². The van der Waals surface area contributed by atoms with E-state index in [2.05, 4.69) is 42.9 Å². The second-order valence-electron chi connectivity index (χ2n) is 5.61. The minimum Gasteiger partial charge on any atom is -0.306 e. The van der Waals surface area contributed by atoms with Crippen LogP contribution >= 0.6 is 23.1 Å². The summed E-state index contributed by atoms with van der Waals surface area (Å²) in [6, 6.07) is 5.71. The summed E-state index contributed by atoms with van der Waals surface area (Å²) in [6.07, 6.45) is 7.71. The molecule has 1 saturated carbocycles. The molecule has 1 aliphatic rings. The molecule has 0 bridgehead atoms. The molecule has 1 N–H and O–H groups in total. The molecular weight excluding hydrogens is 258 g/mol. The Kier molecular flexibility index (Phi) is 5.58. The summed E-state index contributed by atoms with van der Waals surface area (Å²) < 4.78 is 0. The highest BCUT2D eigenvalue weighted by Crippen LogP contribution is 2.31. The summed E-state index contributed by atoms with van der Waals surface area (Å²) in [5.74, 6) is 0.668. The lowest BCUT2D eigenvalue weighted by Crippen LogP contribution is -2.38. The number of hydrogen-bond donors (Lipinski definition) is 1. The zero-order valence-corrected chi connectivity index (χ0v) is 13.3. The molecule has 1 atom stereocenters. The van der Waals surface area contributed by atoms with Crippen LogP contribution in [0.15, 0.2) is 17.5 Å². The zero-order chi connectivity index (χ0) is 13.0. The first-order valence-corrected chi connectivity index (χ1v) is 9.19. The molecule has 1 nitrogen and oxygen atoms in total. The van der Waals surface area contributed by atoms with Crippen molar-refractivity contribution in [2.24, 2.45) is 5.92 Å². The minimum atomic E-state index is 0.542. The van der Waals surface area contributed by atoms with Gasteiger partial charge in [-0.2, -0.15) is 11.8 Å². The van der Waals surface area contributed by atoms with Gasteiger partial charge in [0.05, 0.1) is 0 Å². The first kappa shape index (κ1) is 14.4. The lowest BCUT2D eigenvalue weighted by molar-refractivity contribution is 0.306. The van der Waals surface area contributed by atoms with Crippen molar-refractivity contribution in [1.82, 2.24) is 5.32 Å². The number of rotatable bonds is 5. The summed E-state index contributed by atoms with van der Waals surface area (Å²) in [5, 5.41) is 7.00. The lowest BCUT2D eigenvalue weighted by Gasteiger charge is -2.32. The molecule has 2 rings (SSSR count). The van der Waals surface area contributed by atoms with Gasteiger partial charge >= 0.3 is 0 Å². The zero-order valence-electron chi connectivity index (χ0n) is 11.7. The van der Waals surface area contributed by atoms with Gasteiger partial charge in [0.1, 0.15) is 0 Å². The molecule has 0 aliphatic heterocycles. The van der Waals surface area contributed by atoms with Gasteiger partial charge in [-0.1, -0.05) is 19.9 Å². The summed E-state index contributed by atoms with van der Waals surface area (Å²) in [6.45, 7) is 4.65. The fraction of sp³-hybridized carbons (Fsp3) is 0.733.